The van der Waals surface area contributed by atoms with Crippen molar-refractivity contribution in [3.05, 3.63) is 44.4 Å². The normalized spacial score (nSPS) is 12.2. The molecule has 21 heavy (non-hydrogen) atoms. The number of aryl methyl sites for hydroxylation is 2. The second-order valence-corrected chi connectivity index (χ2v) is 4.24. The molecule has 3 N–H and O–H groups in total. The number of nitrogens with zero attached hydrogens (tertiary/aromatic N) is 5. The zero-order valence-corrected chi connectivity index (χ0v) is 11.3. The third kappa shape index (κ3) is 2.88. The lowest BCUT2D eigenvalue weighted by Crippen LogP contribution is -2.28. The lowest BCUT2D eigenvalue weighted by Gasteiger charge is -1.98. The van der Waals surface area contributed by atoms with Gasteiger partial charge in [-0.1, -0.05) is 6.07 Å². The molecule has 1 heterocycles. The summed E-state index contributed by atoms with van der Waals surface area (Å²) in [6, 6.07) is 5.31. The Morgan fingerprint density at radius 1 is 1.38 bits per heavy atom. The van der Waals surface area contributed by atoms with Crippen LogP contribution in [0.5, 0.6) is 0 Å². The van der Waals surface area contributed by atoms with Gasteiger partial charge >= 0.3 is 5.69 Å². The van der Waals surface area contributed by atoms with Gasteiger partial charge in [-0.3, -0.25) is 9.13 Å². The Morgan fingerprint density at radius 3 is 2.71 bits per heavy atom. The van der Waals surface area contributed by atoms with Gasteiger partial charge in [0.05, 0.1) is 17.2 Å². The topological polar surface area (TPSA) is 133 Å². The highest BCUT2D eigenvalue weighted by atomic mass is 16.7. The van der Waals surface area contributed by atoms with E-state index in [4.69, 9.17) is 5.73 Å². The second-order valence-electron chi connectivity index (χ2n) is 4.24. The predicted octanol–water partition coefficient (Wildman–Crippen LogP) is -0.693. The van der Waals surface area contributed by atoms with E-state index < -0.39 is 11.0 Å². The molecule has 0 fully saturated rings. The van der Waals surface area contributed by atoms with E-state index in [1.54, 1.807) is 32.3 Å². The predicted molar refractivity (Wildman–Crippen MR) is 77.5 cm³/mol. The van der Waals surface area contributed by atoms with E-state index in [1.807, 2.05) is 0 Å². The molecule has 2 aromatic rings. The number of fused-ring (bicyclic) bond motifs is 1. The lowest BCUT2D eigenvalue weighted by molar-refractivity contribution is -0.485. The van der Waals surface area contributed by atoms with Crippen LogP contribution in [-0.2, 0) is 14.1 Å². The molecule has 0 unspecified atom stereocenters. The van der Waals surface area contributed by atoms with Gasteiger partial charge in [-0.15, -0.1) is 0 Å². The third-order valence-electron chi connectivity index (χ3n) is 2.88. The summed E-state index contributed by atoms with van der Waals surface area (Å²) in [5.74, 6) is -0.426. The highest BCUT2D eigenvalue weighted by Gasteiger charge is 2.07. The molecule has 2 rings (SSSR count). The first-order valence-electron chi connectivity index (χ1n) is 5.83. The van der Waals surface area contributed by atoms with E-state index in [-0.39, 0.29) is 5.69 Å². The van der Waals surface area contributed by atoms with Crippen LogP contribution in [0.3, 0.4) is 0 Å². The first-order chi connectivity index (χ1) is 9.90. The molecule has 0 aliphatic rings. The SMILES string of the molecule is Cn1c(=O)n(C)c2cc(/C=N/N/C(N)=N/[N+](=O)[O-])ccc21. The van der Waals surface area contributed by atoms with Crippen LogP contribution in [0.25, 0.3) is 11.0 Å². The molecule has 0 bridgehead atoms. The van der Waals surface area contributed by atoms with Crippen molar-refractivity contribution in [2.75, 3.05) is 0 Å². The number of nitrogens with two attached hydrogens (primary N) is 1. The summed E-state index contributed by atoms with van der Waals surface area (Å²) in [7, 11) is 3.36. The monoisotopic (exact) mass is 291 g/mol. The number of benzene rings is 1. The van der Waals surface area contributed by atoms with E-state index >= 15 is 0 Å². The lowest BCUT2D eigenvalue weighted by atomic mass is 10.2. The molecule has 0 atom stereocenters. The number of aromatic nitrogens is 2. The van der Waals surface area contributed by atoms with Crippen LogP contribution in [0.1, 0.15) is 5.56 Å². The number of imidazole rings is 1. The molecule has 10 nitrogen and oxygen atoms in total. The number of hydrazone groups is 2. The van der Waals surface area contributed by atoms with Gasteiger partial charge in [0.2, 0.25) is 0 Å². The van der Waals surface area contributed by atoms with E-state index in [0.29, 0.717) is 5.56 Å². The zero-order valence-electron chi connectivity index (χ0n) is 11.3. The van der Waals surface area contributed by atoms with Gasteiger partial charge in [0.15, 0.2) is 5.03 Å². The van der Waals surface area contributed by atoms with Crippen LogP contribution in [0.2, 0.25) is 0 Å². The van der Waals surface area contributed by atoms with Crippen molar-refractivity contribution in [3.63, 3.8) is 0 Å². The fourth-order valence-corrected chi connectivity index (χ4v) is 1.89. The molecular weight excluding hydrogens is 278 g/mol. The summed E-state index contributed by atoms with van der Waals surface area (Å²) >= 11 is 0. The highest BCUT2D eigenvalue weighted by Crippen LogP contribution is 2.12. The average Bonchev–Trinajstić information content (AvgIpc) is 2.63. The van der Waals surface area contributed by atoms with Crippen molar-refractivity contribution in [1.29, 1.82) is 0 Å². The van der Waals surface area contributed by atoms with Crippen molar-refractivity contribution in [1.82, 2.24) is 14.6 Å². The minimum absolute atomic E-state index is 0.125. The van der Waals surface area contributed by atoms with Gasteiger partial charge in [-0.05, 0) is 17.7 Å². The molecule has 1 aromatic heterocycles. The van der Waals surface area contributed by atoms with Crippen LogP contribution in [0, 0.1) is 10.1 Å². The largest absolute Gasteiger partial charge is 0.363 e. The Labute approximate surface area is 118 Å². The number of guanidine groups is 1. The fourth-order valence-electron chi connectivity index (χ4n) is 1.89. The maximum atomic E-state index is 11.8. The number of nitro groups is 1. The van der Waals surface area contributed by atoms with E-state index in [2.05, 4.69) is 15.6 Å². The summed E-state index contributed by atoms with van der Waals surface area (Å²) in [5, 5.41) is 15.7. The van der Waals surface area contributed by atoms with Crippen molar-refractivity contribution in [3.8, 4) is 0 Å². The van der Waals surface area contributed by atoms with Gasteiger partial charge in [0, 0.05) is 14.1 Å². The molecule has 1 aromatic carbocycles. The quantitative estimate of drug-likeness (QED) is 0.334. The third-order valence-corrected chi connectivity index (χ3v) is 2.88. The average molecular weight is 291 g/mol. The Kier molecular flexibility index (Phi) is 3.69. The smallest absolute Gasteiger partial charge is 0.328 e. The Hall–Kier alpha value is -3.17. The molecule has 0 aliphatic carbocycles. The molecule has 10 heteroatoms. The fraction of sp³-hybridized carbons (Fsp3) is 0.182. The standard InChI is InChI=1S/C11H13N7O3/c1-16-8-4-3-7(5-9(8)17(2)11(16)19)6-13-14-10(12)15-18(20)21/h3-6H,1-2H3,(H3,12,14,15)/b13-6+. The van der Waals surface area contributed by atoms with Crippen molar-refractivity contribution in [2.45, 2.75) is 0 Å². The maximum Gasteiger partial charge on any atom is 0.328 e. The van der Waals surface area contributed by atoms with Crippen LogP contribution in [-0.4, -0.2) is 26.3 Å². The number of nitrogens with one attached hydrogen (secondary N) is 1. The maximum absolute atomic E-state index is 11.8. The van der Waals surface area contributed by atoms with Crippen LogP contribution >= 0.6 is 0 Å². The van der Waals surface area contributed by atoms with E-state index in [9.17, 15) is 14.9 Å². The first-order valence-corrected chi connectivity index (χ1v) is 5.83. The van der Waals surface area contributed by atoms with Gasteiger partial charge in [0.25, 0.3) is 5.96 Å². The Bertz CT molecular complexity index is 815. The summed E-state index contributed by atoms with van der Waals surface area (Å²) < 4.78 is 3.05. The van der Waals surface area contributed by atoms with Gasteiger partial charge in [0.1, 0.15) is 5.10 Å². The molecule has 0 saturated heterocycles. The van der Waals surface area contributed by atoms with E-state index in [1.165, 1.54) is 15.3 Å². The van der Waals surface area contributed by atoms with Crippen molar-refractivity contribution < 1.29 is 5.03 Å². The molecule has 0 saturated carbocycles. The van der Waals surface area contributed by atoms with Crippen LogP contribution in [0.15, 0.2) is 33.2 Å². The number of hydrogen-bond acceptors (Lipinski definition) is 4. The van der Waals surface area contributed by atoms with Crippen molar-refractivity contribution >= 4 is 23.2 Å². The molecule has 0 radical (unpaired) electrons. The van der Waals surface area contributed by atoms with Crippen LogP contribution in [0.4, 0.5) is 0 Å². The second kappa shape index (κ2) is 5.45. The highest BCUT2D eigenvalue weighted by molar-refractivity contribution is 5.88. The molecule has 0 aliphatic heterocycles. The minimum Gasteiger partial charge on any atom is -0.363 e. The van der Waals surface area contributed by atoms with Crippen molar-refractivity contribution in [2.24, 2.45) is 30.0 Å². The molecular formula is C11H13N7O3. The number of rotatable bonds is 3. The van der Waals surface area contributed by atoms with E-state index in [0.717, 1.165) is 11.0 Å². The number of hydrogen-bond donors (Lipinski definition) is 2. The van der Waals surface area contributed by atoms with Gasteiger partial charge in [-0.25, -0.2) is 20.3 Å². The molecule has 110 valence electrons. The summed E-state index contributed by atoms with van der Waals surface area (Å²) in [4.78, 5) is 21.9. The van der Waals surface area contributed by atoms with Gasteiger partial charge in [-0.2, -0.15) is 5.10 Å². The summed E-state index contributed by atoms with van der Waals surface area (Å²) in [5.41, 5.74) is 9.55. The minimum atomic E-state index is -0.927. The molecule has 0 amide bonds. The zero-order chi connectivity index (χ0) is 15.6. The molecule has 0 spiro atoms. The Balaban J connectivity index is 2.26. The van der Waals surface area contributed by atoms with Crippen LogP contribution < -0.4 is 16.8 Å². The summed E-state index contributed by atoms with van der Waals surface area (Å²) in [6.45, 7) is 0. The van der Waals surface area contributed by atoms with Gasteiger partial charge < -0.3 is 5.73 Å². The summed E-state index contributed by atoms with van der Waals surface area (Å²) in [6.07, 6.45) is 1.42. The Morgan fingerprint density at radius 2 is 2.05 bits per heavy atom. The first kappa shape index (κ1) is 14.2.